The van der Waals surface area contributed by atoms with Crippen LogP contribution in [0.5, 0.6) is 0 Å². The number of carbonyl (C=O) groups excluding carboxylic acids is 2. The molecule has 2 rings (SSSR count). The SMILES string of the molecule is CC(C)(C)C(=O)NC[C@@H]1CC(=O)N(c2ccc(Cl)cc2)C1. The smallest absolute Gasteiger partial charge is 0.227 e. The van der Waals surface area contributed by atoms with Crippen molar-refractivity contribution in [1.29, 1.82) is 0 Å². The van der Waals surface area contributed by atoms with E-state index in [-0.39, 0.29) is 17.7 Å². The van der Waals surface area contributed by atoms with Crippen LogP contribution in [0.2, 0.25) is 5.02 Å². The number of nitrogens with zero attached hydrogens (tertiary/aromatic N) is 1. The predicted molar refractivity (Wildman–Crippen MR) is 84.4 cm³/mol. The summed E-state index contributed by atoms with van der Waals surface area (Å²) < 4.78 is 0. The van der Waals surface area contributed by atoms with E-state index in [9.17, 15) is 9.59 Å². The number of anilines is 1. The topological polar surface area (TPSA) is 49.4 Å². The molecule has 1 aliphatic rings. The molecule has 1 atom stereocenters. The molecule has 1 fully saturated rings. The van der Waals surface area contributed by atoms with E-state index in [1.54, 1.807) is 17.0 Å². The van der Waals surface area contributed by atoms with E-state index in [0.29, 0.717) is 24.5 Å². The lowest BCUT2D eigenvalue weighted by atomic mass is 9.95. The van der Waals surface area contributed by atoms with Crippen LogP contribution >= 0.6 is 11.6 Å². The van der Waals surface area contributed by atoms with Gasteiger partial charge in [0.25, 0.3) is 0 Å². The highest BCUT2D eigenvalue weighted by atomic mass is 35.5. The molecule has 114 valence electrons. The van der Waals surface area contributed by atoms with Gasteiger partial charge in [0.05, 0.1) is 0 Å². The molecule has 2 amide bonds. The number of nitrogens with one attached hydrogen (secondary N) is 1. The summed E-state index contributed by atoms with van der Waals surface area (Å²) in [5.74, 6) is 0.256. The van der Waals surface area contributed by atoms with Crippen molar-refractivity contribution < 1.29 is 9.59 Å². The normalized spacial score (nSPS) is 19.0. The first-order chi connectivity index (χ1) is 9.77. The molecule has 21 heavy (non-hydrogen) atoms. The minimum atomic E-state index is -0.404. The summed E-state index contributed by atoms with van der Waals surface area (Å²) in [5, 5.41) is 3.58. The molecule has 1 N–H and O–H groups in total. The van der Waals surface area contributed by atoms with Gasteiger partial charge in [0, 0.05) is 41.6 Å². The van der Waals surface area contributed by atoms with Gasteiger partial charge in [-0.05, 0) is 24.3 Å². The monoisotopic (exact) mass is 308 g/mol. The van der Waals surface area contributed by atoms with Gasteiger partial charge in [0.1, 0.15) is 0 Å². The summed E-state index contributed by atoms with van der Waals surface area (Å²) in [6.07, 6.45) is 0.465. The lowest BCUT2D eigenvalue weighted by Crippen LogP contribution is -2.38. The molecule has 0 saturated carbocycles. The van der Waals surface area contributed by atoms with E-state index in [4.69, 9.17) is 11.6 Å². The fraction of sp³-hybridized carbons (Fsp3) is 0.500. The van der Waals surface area contributed by atoms with Gasteiger partial charge in [-0.2, -0.15) is 0 Å². The Hall–Kier alpha value is -1.55. The summed E-state index contributed by atoms with van der Waals surface area (Å²) in [7, 11) is 0. The van der Waals surface area contributed by atoms with Gasteiger partial charge < -0.3 is 10.2 Å². The number of carbonyl (C=O) groups is 2. The third kappa shape index (κ3) is 3.97. The Labute approximate surface area is 130 Å². The van der Waals surface area contributed by atoms with Gasteiger partial charge >= 0.3 is 0 Å². The molecule has 0 radical (unpaired) electrons. The standard InChI is InChI=1S/C16H21ClN2O2/c1-16(2,3)15(21)18-9-11-8-14(20)19(10-11)13-6-4-12(17)5-7-13/h4-7,11H,8-10H2,1-3H3,(H,18,21)/t11-/m0/s1. The lowest BCUT2D eigenvalue weighted by Gasteiger charge is -2.20. The maximum absolute atomic E-state index is 12.1. The molecule has 1 aromatic carbocycles. The fourth-order valence-corrected chi connectivity index (χ4v) is 2.42. The zero-order chi connectivity index (χ0) is 15.6. The maximum atomic E-state index is 12.1. The van der Waals surface area contributed by atoms with Crippen molar-refractivity contribution in [2.75, 3.05) is 18.0 Å². The second kappa shape index (κ2) is 6.06. The molecule has 0 bridgehead atoms. The van der Waals surface area contributed by atoms with Crippen LogP contribution in [0, 0.1) is 11.3 Å². The van der Waals surface area contributed by atoms with Crippen LogP contribution in [0.3, 0.4) is 0 Å². The van der Waals surface area contributed by atoms with E-state index < -0.39 is 5.41 Å². The molecule has 1 aromatic rings. The summed E-state index contributed by atoms with van der Waals surface area (Å²) >= 11 is 5.86. The molecular weight excluding hydrogens is 288 g/mol. The van der Waals surface area contributed by atoms with Crippen molar-refractivity contribution in [2.24, 2.45) is 11.3 Å². The van der Waals surface area contributed by atoms with Gasteiger partial charge in [0.2, 0.25) is 11.8 Å². The van der Waals surface area contributed by atoms with Crippen molar-refractivity contribution in [3.63, 3.8) is 0 Å². The zero-order valence-electron chi connectivity index (χ0n) is 12.6. The van der Waals surface area contributed by atoms with E-state index >= 15 is 0 Å². The quantitative estimate of drug-likeness (QED) is 0.933. The Bertz CT molecular complexity index is 534. The van der Waals surface area contributed by atoms with Gasteiger partial charge in [-0.3, -0.25) is 9.59 Å². The van der Waals surface area contributed by atoms with Crippen molar-refractivity contribution >= 4 is 29.1 Å². The second-order valence-electron chi connectivity index (χ2n) is 6.51. The van der Waals surface area contributed by atoms with E-state index in [1.807, 2.05) is 32.9 Å². The number of halogens is 1. The van der Waals surface area contributed by atoms with Crippen molar-refractivity contribution in [1.82, 2.24) is 5.32 Å². The minimum absolute atomic E-state index is 0.0138. The maximum Gasteiger partial charge on any atom is 0.227 e. The molecule has 0 aliphatic carbocycles. The van der Waals surface area contributed by atoms with Crippen LogP contribution in [0.1, 0.15) is 27.2 Å². The largest absolute Gasteiger partial charge is 0.355 e. The summed E-state index contributed by atoms with van der Waals surface area (Å²) in [4.78, 5) is 25.7. The van der Waals surface area contributed by atoms with Gasteiger partial charge in [-0.25, -0.2) is 0 Å². The number of amides is 2. The van der Waals surface area contributed by atoms with Crippen molar-refractivity contribution in [2.45, 2.75) is 27.2 Å². The Morgan fingerprint density at radius 2 is 1.95 bits per heavy atom. The summed E-state index contributed by atoms with van der Waals surface area (Å²) in [5.41, 5.74) is 0.451. The molecule has 0 spiro atoms. The Morgan fingerprint density at radius 3 is 2.52 bits per heavy atom. The van der Waals surface area contributed by atoms with Crippen LogP contribution in [0.25, 0.3) is 0 Å². The molecule has 0 aromatic heterocycles. The first-order valence-corrected chi connectivity index (χ1v) is 7.49. The average molecular weight is 309 g/mol. The van der Waals surface area contributed by atoms with Crippen LogP contribution in [-0.4, -0.2) is 24.9 Å². The van der Waals surface area contributed by atoms with E-state index in [2.05, 4.69) is 5.32 Å². The second-order valence-corrected chi connectivity index (χ2v) is 6.95. The van der Waals surface area contributed by atoms with Crippen LogP contribution in [-0.2, 0) is 9.59 Å². The molecule has 1 saturated heterocycles. The minimum Gasteiger partial charge on any atom is -0.355 e. The third-order valence-corrected chi connectivity index (χ3v) is 3.83. The van der Waals surface area contributed by atoms with Crippen LogP contribution in [0.4, 0.5) is 5.69 Å². The molecule has 1 aliphatic heterocycles. The van der Waals surface area contributed by atoms with Crippen LogP contribution < -0.4 is 10.2 Å². The molecule has 0 unspecified atom stereocenters. The van der Waals surface area contributed by atoms with Gasteiger partial charge in [-0.1, -0.05) is 32.4 Å². The predicted octanol–water partition coefficient (Wildman–Crippen LogP) is 2.86. The number of hydrogen-bond donors (Lipinski definition) is 1. The van der Waals surface area contributed by atoms with E-state index in [0.717, 1.165) is 5.69 Å². The highest BCUT2D eigenvalue weighted by molar-refractivity contribution is 6.30. The number of hydrogen-bond acceptors (Lipinski definition) is 2. The highest BCUT2D eigenvalue weighted by Gasteiger charge is 2.31. The highest BCUT2D eigenvalue weighted by Crippen LogP contribution is 2.26. The number of benzene rings is 1. The first-order valence-electron chi connectivity index (χ1n) is 7.11. The Kier molecular flexibility index (Phi) is 4.57. The molecule has 1 heterocycles. The fourth-order valence-electron chi connectivity index (χ4n) is 2.29. The zero-order valence-corrected chi connectivity index (χ0v) is 13.4. The number of rotatable bonds is 3. The van der Waals surface area contributed by atoms with Crippen molar-refractivity contribution in [3.8, 4) is 0 Å². The molecule has 5 heteroatoms. The van der Waals surface area contributed by atoms with Gasteiger partial charge in [0.15, 0.2) is 0 Å². The average Bonchev–Trinajstić information content (AvgIpc) is 2.77. The lowest BCUT2D eigenvalue weighted by molar-refractivity contribution is -0.128. The third-order valence-electron chi connectivity index (χ3n) is 3.58. The van der Waals surface area contributed by atoms with Gasteiger partial charge in [-0.15, -0.1) is 0 Å². The molecular formula is C16H21ClN2O2. The van der Waals surface area contributed by atoms with E-state index in [1.165, 1.54) is 0 Å². The van der Waals surface area contributed by atoms with Crippen LogP contribution in [0.15, 0.2) is 24.3 Å². The Balaban J connectivity index is 1.94. The van der Waals surface area contributed by atoms with Crippen molar-refractivity contribution in [3.05, 3.63) is 29.3 Å². The summed E-state index contributed by atoms with van der Waals surface area (Å²) in [6, 6.07) is 7.24. The summed E-state index contributed by atoms with van der Waals surface area (Å²) in [6.45, 7) is 6.79. The first kappa shape index (κ1) is 15.8. The molecule has 4 nitrogen and oxygen atoms in total. The Morgan fingerprint density at radius 1 is 1.33 bits per heavy atom.